The molecule has 0 rings (SSSR count). The van der Waals surface area contributed by atoms with E-state index in [1.165, 1.54) is 0 Å². The van der Waals surface area contributed by atoms with Crippen molar-refractivity contribution >= 4 is 11.9 Å². The van der Waals surface area contributed by atoms with Gasteiger partial charge in [0.1, 0.15) is 0 Å². The standard InChI is InChI=1S/C6H10O3.C3H4O3/c1-5(6(8)9)3-2-4-7;1-2-3(4)6-5/h7H,1-4H2,(H,8,9);2,5H,1H2. The Labute approximate surface area is 87.0 Å². The molecule has 0 unspecified atom stereocenters. The normalized spacial score (nSPS) is 8.13. The van der Waals surface area contributed by atoms with Gasteiger partial charge in [-0.15, -0.1) is 0 Å². The zero-order valence-corrected chi connectivity index (χ0v) is 8.18. The Hall–Kier alpha value is -1.66. The summed E-state index contributed by atoms with van der Waals surface area (Å²) in [6.07, 6.45) is 1.71. The molecule has 0 aliphatic heterocycles. The van der Waals surface area contributed by atoms with Gasteiger partial charge in [-0.2, -0.15) is 5.26 Å². The molecule has 86 valence electrons. The lowest BCUT2D eigenvalue weighted by Crippen LogP contribution is -1.99. The third kappa shape index (κ3) is 12.3. The van der Waals surface area contributed by atoms with Crippen molar-refractivity contribution in [3.05, 3.63) is 24.8 Å². The molecule has 6 heteroatoms. The van der Waals surface area contributed by atoms with Crippen LogP contribution in [0.5, 0.6) is 0 Å². The lowest BCUT2D eigenvalue weighted by atomic mass is 10.2. The first-order valence-corrected chi connectivity index (χ1v) is 3.99. The summed E-state index contributed by atoms with van der Waals surface area (Å²) in [5, 5.41) is 23.9. The molecule has 0 amide bonds. The lowest BCUT2D eigenvalue weighted by molar-refractivity contribution is -0.228. The Morgan fingerprint density at radius 1 is 1.40 bits per heavy atom. The SMILES string of the molecule is C=C(CCCO)C(=O)O.C=CC(=O)OO. The van der Waals surface area contributed by atoms with Crippen LogP contribution in [-0.2, 0) is 14.5 Å². The van der Waals surface area contributed by atoms with Crippen LogP contribution in [0.1, 0.15) is 12.8 Å². The van der Waals surface area contributed by atoms with E-state index in [0.717, 1.165) is 6.08 Å². The third-order valence-corrected chi connectivity index (χ3v) is 1.20. The highest BCUT2D eigenvalue weighted by atomic mass is 17.1. The summed E-state index contributed by atoms with van der Waals surface area (Å²) in [7, 11) is 0. The molecule has 0 spiro atoms. The second-order valence-electron chi connectivity index (χ2n) is 2.35. The fourth-order valence-electron chi connectivity index (χ4n) is 0.437. The Balaban J connectivity index is 0. The highest BCUT2D eigenvalue weighted by molar-refractivity contribution is 5.85. The third-order valence-electron chi connectivity index (χ3n) is 1.20. The molecule has 0 heterocycles. The number of aliphatic hydroxyl groups excluding tert-OH is 1. The van der Waals surface area contributed by atoms with Gasteiger partial charge in [0.15, 0.2) is 0 Å². The number of carbonyl (C=O) groups excluding carboxylic acids is 1. The van der Waals surface area contributed by atoms with Gasteiger partial charge in [-0.05, 0) is 12.8 Å². The maximum Gasteiger partial charge on any atom is 0.365 e. The van der Waals surface area contributed by atoms with Gasteiger partial charge >= 0.3 is 11.9 Å². The largest absolute Gasteiger partial charge is 0.478 e. The fourth-order valence-corrected chi connectivity index (χ4v) is 0.437. The van der Waals surface area contributed by atoms with Crippen LogP contribution in [0.25, 0.3) is 0 Å². The number of rotatable bonds is 5. The Morgan fingerprint density at radius 2 is 1.93 bits per heavy atom. The van der Waals surface area contributed by atoms with Crippen molar-refractivity contribution in [3.8, 4) is 0 Å². The van der Waals surface area contributed by atoms with Gasteiger partial charge in [0, 0.05) is 18.3 Å². The average Bonchev–Trinajstić information content (AvgIpc) is 2.25. The van der Waals surface area contributed by atoms with Gasteiger partial charge in [0.2, 0.25) is 0 Å². The number of carboxylic acids is 1. The molecule has 0 aromatic heterocycles. The zero-order valence-electron chi connectivity index (χ0n) is 8.18. The van der Waals surface area contributed by atoms with Crippen molar-refractivity contribution in [1.29, 1.82) is 0 Å². The minimum Gasteiger partial charge on any atom is -0.478 e. The highest BCUT2D eigenvalue weighted by Crippen LogP contribution is 2.00. The van der Waals surface area contributed by atoms with Gasteiger partial charge < -0.3 is 10.2 Å². The average molecular weight is 218 g/mol. The summed E-state index contributed by atoms with van der Waals surface area (Å²) in [6.45, 7) is 6.30. The molecule has 0 bridgehead atoms. The number of aliphatic hydroxyl groups is 1. The molecule has 0 saturated heterocycles. The van der Waals surface area contributed by atoms with Gasteiger partial charge in [-0.25, -0.2) is 9.59 Å². The van der Waals surface area contributed by atoms with E-state index in [0.29, 0.717) is 12.8 Å². The van der Waals surface area contributed by atoms with Gasteiger partial charge in [0.05, 0.1) is 0 Å². The molecule has 0 aliphatic rings. The molecule has 0 fully saturated rings. The summed E-state index contributed by atoms with van der Waals surface area (Å²) in [6, 6.07) is 0. The van der Waals surface area contributed by atoms with Crippen LogP contribution in [0.15, 0.2) is 24.8 Å². The predicted octanol–water partition coefficient (Wildman–Crippen LogP) is 0.588. The van der Waals surface area contributed by atoms with Crippen molar-refractivity contribution in [2.75, 3.05) is 6.61 Å². The molecule has 0 aliphatic carbocycles. The second-order valence-corrected chi connectivity index (χ2v) is 2.35. The van der Waals surface area contributed by atoms with Crippen LogP contribution in [0, 0.1) is 0 Å². The van der Waals surface area contributed by atoms with Gasteiger partial charge in [-0.1, -0.05) is 13.2 Å². The summed E-state index contributed by atoms with van der Waals surface area (Å²) < 4.78 is 0. The van der Waals surface area contributed by atoms with E-state index in [1.807, 2.05) is 0 Å². The topological polar surface area (TPSA) is 104 Å². The summed E-state index contributed by atoms with van der Waals surface area (Å²) >= 11 is 0. The molecule has 0 saturated carbocycles. The number of carbonyl (C=O) groups is 2. The molecule has 3 N–H and O–H groups in total. The molecular formula is C9H14O6. The first-order chi connectivity index (χ1) is 6.99. The number of hydrogen-bond donors (Lipinski definition) is 3. The minimum atomic E-state index is -0.983. The van der Waals surface area contributed by atoms with Crippen LogP contribution in [0.3, 0.4) is 0 Å². The van der Waals surface area contributed by atoms with E-state index in [1.54, 1.807) is 0 Å². The minimum absolute atomic E-state index is 0.0201. The summed E-state index contributed by atoms with van der Waals surface area (Å²) in [5.41, 5.74) is 0.157. The fraction of sp³-hybridized carbons (Fsp3) is 0.333. The molecule has 0 aromatic rings. The van der Waals surface area contributed by atoms with Crippen LogP contribution in [-0.4, -0.2) is 34.0 Å². The van der Waals surface area contributed by atoms with Crippen molar-refractivity contribution in [2.45, 2.75) is 12.8 Å². The smallest absolute Gasteiger partial charge is 0.365 e. The number of hydrogen-bond acceptors (Lipinski definition) is 5. The number of carboxylic acid groups (broad SMARTS) is 1. The van der Waals surface area contributed by atoms with Crippen LogP contribution in [0.2, 0.25) is 0 Å². The molecule has 15 heavy (non-hydrogen) atoms. The summed E-state index contributed by atoms with van der Waals surface area (Å²) in [5.74, 6) is -1.82. The molecule has 0 radical (unpaired) electrons. The highest BCUT2D eigenvalue weighted by Gasteiger charge is 2.00. The maximum atomic E-state index is 10.0. The molecule has 6 nitrogen and oxygen atoms in total. The van der Waals surface area contributed by atoms with E-state index in [-0.39, 0.29) is 12.2 Å². The zero-order chi connectivity index (χ0) is 12.3. The Bertz CT molecular complexity index is 233. The van der Waals surface area contributed by atoms with Crippen molar-refractivity contribution in [1.82, 2.24) is 0 Å². The number of aliphatic carboxylic acids is 1. The quantitative estimate of drug-likeness (QED) is 0.354. The second kappa shape index (κ2) is 10.4. The summed E-state index contributed by atoms with van der Waals surface area (Å²) in [4.78, 5) is 22.8. The molecular weight excluding hydrogens is 204 g/mol. The lowest BCUT2D eigenvalue weighted by Gasteiger charge is -1.94. The maximum absolute atomic E-state index is 10.0. The monoisotopic (exact) mass is 218 g/mol. The van der Waals surface area contributed by atoms with E-state index in [2.05, 4.69) is 18.0 Å². The van der Waals surface area contributed by atoms with Crippen LogP contribution >= 0.6 is 0 Å². The van der Waals surface area contributed by atoms with Crippen LogP contribution < -0.4 is 0 Å². The van der Waals surface area contributed by atoms with Crippen LogP contribution in [0.4, 0.5) is 0 Å². The van der Waals surface area contributed by atoms with E-state index in [4.69, 9.17) is 15.5 Å². The predicted molar refractivity (Wildman–Crippen MR) is 52.0 cm³/mol. The Kier molecular flexibility index (Phi) is 11.0. The van der Waals surface area contributed by atoms with Crippen molar-refractivity contribution in [3.63, 3.8) is 0 Å². The molecule has 0 aromatic carbocycles. The van der Waals surface area contributed by atoms with Crippen molar-refractivity contribution in [2.24, 2.45) is 0 Å². The van der Waals surface area contributed by atoms with E-state index >= 15 is 0 Å². The molecule has 0 atom stereocenters. The van der Waals surface area contributed by atoms with E-state index in [9.17, 15) is 9.59 Å². The van der Waals surface area contributed by atoms with Crippen molar-refractivity contribution < 1.29 is 29.9 Å². The Morgan fingerprint density at radius 3 is 2.13 bits per heavy atom. The van der Waals surface area contributed by atoms with E-state index < -0.39 is 11.9 Å². The first-order valence-electron chi connectivity index (χ1n) is 3.99. The van der Waals surface area contributed by atoms with Gasteiger partial charge in [-0.3, -0.25) is 4.89 Å². The van der Waals surface area contributed by atoms with Gasteiger partial charge in [0.25, 0.3) is 0 Å². The first kappa shape index (κ1) is 15.8.